The van der Waals surface area contributed by atoms with Crippen LogP contribution < -0.4 is 19.1 Å². The molecular formula is C17H18N2O5S. The number of rotatable bonds is 5. The van der Waals surface area contributed by atoms with Crippen LogP contribution in [-0.2, 0) is 21.2 Å². The van der Waals surface area contributed by atoms with Gasteiger partial charge in [-0.05, 0) is 35.9 Å². The van der Waals surface area contributed by atoms with Gasteiger partial charge in [0.25, 0.3) is 10.0 Å². The van der Waals surface area contributed by atoms with Crippen LogP contribution in [0, 0.1) is 0 Å². The Morgan fingerprint density at radius 1 is 1.08 bits per heavy atom. The van der Waals surface area contributed by atoms with Crippen LogP contribution in [-0.4, -0.2) is 35.6 Å². The van der Waals surface area contributed by atoms with E-state index in [-0.39, 0.29) is 22.9 Å². The minimum absolute atomic E-state index is 0.0630. The van der Waals surface area contributed by atoms with E-state index in [0.717, 1.165) is 5.69 Å². The monoisotopic (exact) mass is 362 g/mol. The number of sulfonamides is 1. The van der Waals surface area contributed by atoms with E-state index in [0.29, 0.717) is 17.1 Å². The number of anilines is 2. The van der Waals surface area contributed by atoms with Crippen molar-refractivity contribution in [2.45, 2.75) is 11.3 Å². The van der Waals surface area contributed by atoms with E-state index in [1.807, 2.05) is 0 Å². The normalized spacial score (nSPS) is 13.6. The molecule has 0 radical (unpaired) electrons. The largest absolute Gasteiger partial charge is 0.497 e. The van der Waals surface area contributed by atoms with Gasteiger partial charge in [0.2, 0.25) is 5.91 Å². The molecule has 0 spiro atoms. The topological polar surface area (TPSA) is 84.9 Å². The zero-order valence-electron chi connectivity index (χ0n) is 14.1. The average molecular weight is 362 g/mol. The molecule has 1 N–H and O–H groups in total. The van der Waals surface area contributed by atoms with Gasteiger partial charge in [-0.3, -0.25) is 9.52 Å². The Labute approximate surface area is 146 Å². The fourth-order valence-corrected chi connectivity index (χ4v) is 3.82. The van der Waals surface area contributed by atoms with E-state index in [1.54, 1.807) is 31.3 Å². The summed E-state index contributed by atoms with van der Waals surface area (Å²) in [6.45, 7) is 0. The molecule has 2 aromatic rings. The minimum Gasteiger partial charge on any atom is -0.497 e. The van der Waals surface area contributed by atoms with Crippen LogP contribution in [0.4, 0.5) is 11.4 Å². The third-order valence-corrected chi connectivity index (χ3v) is 5.45. The molecule has 7 nitrogen and oxygen atoms in total. The molecule has 0 atom stereocenters. The van der Waals surface area contributed by atoms with Crippen LogP contribution in [0.1, 0.15) is 5.56 Å². The quantitative estimate of drug-likeness (QED) is 0.880. The van der Waals surface area contributed by atoms with Crippen LogP contribution in [0.2, 0.25) is 0 Å². The first-order valence-electron chi connectivity index (χ1n) is 7.50. The van der Waals surface area contributed by atoms with Gasteiger partial charge in [-0.15, -0.1) is 0 Å². The number of nitrogens with one attached hydrogen (secondary N) is 1. The van der Waals surface area contributed by atoms with Gasteiger partial charge in [0.15, 0.2) is 0 Å². The van der Waals surface area contributed by atoms with Gasteiger partial charge in [-0.1, -0.05) is 0 Å². The lowest BCUT2D eigenvalue weighted by Gasteiger charge is -2.14. The highest BCUT2D eigenvalue weighted by Gasteiger charge is 2.26. The van der Waals surface area contributed by atoms with E-state index in [9.17, 15) is 13.2 Å². The summed E-state index contributed by atoms with van der Waals surface area (Å²) in [5.74, 6) is 0.812. The molecule has 25 heavy (non-hydrogen) atoms. The second-order valence-corrected chi connectivity index (χ2v) is 7.27. The van der Waals surface area contributed by atoms with Gasteiger partial charge in [0, 0.05) is 18.8 Å². The van der Waals surface area contributed by atoms with Gasteiger partial charge in [0.1, 0.15) is 11.5 Å². The summed E-state index contributed by atoms with van der Waals surface area (Å²) in [5, 5.41) is 0. The van der Waals surface area contributed by atoms with E-state index in [1.165, 1.54) is 31.3 Å². The van der Waals surface area contributed by atoms with Crippen LogP contribution in [0.5, 0.6) is 11.5 Å². The summed E-state index contributed by atoms with van der Waals surface area (Å²) in [6, 6.07) is 9.47. The summed E-state index contributed by atoms with van der Waals surface area (Å²) < 4.78 is 38.3. The van der Waals surface area contributed by atoms with Crippen molar-refractivity contribution in [1.82, 2.24) is 0 Å². The maximum atomic E-state index is 12.7. The lowest BCUT2D eigenvalue weighted by molar-refractivity contribution is -0.117. The van der Waals surface area contributed by atoms with Crippen molar-refractivity contribution >= 4 is 27.3 Å². The van der Waals surface area contributed by atoms with E-state index >= 15 is 0 Å². The first-order valence-corrected chi connectivity index (χ1v) is 8.98. The molecule has 1 aliphatic heterocycles. The predicted molar refractivity (Wildman–Crippen MR) is 93.9 cm³/mol. The number of likely N-dealkylation sites (N-methyl/N-ethyl adjacent to an activating group) is 1. The third-order valence-electron chi connectivity index (χ3n) is 4.09. The number of amides is 1. The van der Waals surface area contributed by atoms with Gasteiger partial charge in [-0.25, -0.2) is 8.42 Å². The maximum Gasteiger partial charge on any atom is 0.262 e. The van der Waals surface area contributed by atoms with Crippen molar-refractivity contribution in [2.24, 2.45) is 0 Å². The fourth-order valence-electron chi connectivity index (χ4n) is 2.71. The van der Waals surface area contributed by atoms with Crippen molar-refractivity contribution in [2.75, 3.05) is 30.9 Å². The molecule has 8 heteroatoms. The number of ether oxygens (including phenoxy) is 2. The fraction of sp³-hybridized carbons (Fsp3) is 0.235. The molecule has 0 aromatic heterocycles. The lowest BCUT2D eigenvalue weighted by atomic mass is 10.2. The maximum absolute atomic E-state index is 12.7. The zero-order chi connectivity index (χ0) is 18.2. The highest BCUT2D eigenvalue weighted by atomic mass is 32.2. The lowest BCUT2D eigenvalue weighted by Crippen LogP contribution is -2.20. The number of benzene rings is 2. The number of methoxy groups -OCH3 is 2. The Morgan fingerprint density at radius 2 is 1.84 bits per heavy atom. The summed E-state index contributed by atoms with van der Waals surface area (Å²) in [4.78, 5) is 13.4. The molecule has 0 bridgehead atoms. The molecule has 3 rings (SSSR count). The summed E-state index contributed by atoms with van der Waals surface area (Å²) in [6.07, 6.45) is 0.192. The van der Waals surface area contributed by atoms with E-state index in [2.05, 4.69) is 4.72 Å². The van der Waals surface area contributed by atoms with Crippen molar-refractivity contribution in [1.29, 1.82) is 0 Å². The highest BCUT2D eigenvalue weighted by molar-refractivity contribution is 7.92. The molecule has 0 aliphatic carbocycles. The van der Waals surface area contributed by atoms with Crippen LogP contribution in [0.15, 0.2) is 41.3 Å². The van der Waals surface area contributed by atoms with Gasteiger partial charge < -0.3 is 14.4 Å². The Hall–Kier alpha value is -2.74. The van der Waals surface area contributed by atoms with Crippen molar-refractivity contribution in [3.63, 3.8) is 0 Å². The Balaban J connectivity index is 1.96. The Morgan fingerprint density at radius 3 is 2.52 bits per heavy atom. The Bertz CT molecular complexity index is 940. The molecule has 1 aliphatic rings. The summed E-state index contributed by atoms with van der Waals surface area (Å²) in [7, 11) is 0.774. The van der Waals surface area contributed by atoms with E-state index < -0.39 is 10.0 Å². The number of nitrogens with zero attached hydrogens (tertiary/aromatic N) is 1. The number of fused-ring (bicyclic) bond motifs is 1. The average Bonchev–Trinajstić information content (AvgIpc) is 2.88. The van der Waals surface area contributed by atoms with Crippen molar-refractivity contribution in [3.8, 4) is 11.5 Å². The molecule has 2 aromatic carbocycles. The summed E-state index contributed by atoms with van der Waals surface area (Å²) >= 11 is 0. The molecule has 0 saturated carbocycles. The number of hydrogen-bond acceptors (Lipinski definition) is 5. The molecule has 132 valence electrons. The van der Waals surface area contributed by atoms with Gasteiger partial charge in [0.05, 0.1) is 31.2 Å². The van der Waals surface area contributed by atoms with Crippen LogP contribution >= 0.6 is 0 Å². The molecule has 0 unspecified atom stereocenters. The molecule has 1 heterocycles. The van der Waals surface area contributed by atoms with Crippen LogP contribution in [0.3, 0.4) is 0 Å². The smallest absolute Gasteiger partial charge is 0.262 e. The number of carbonyl (C=O) groups is 1. The van der Waals surface area contributed by atoms with Gasteiger partial charge >= 0.3 is 0 Å². The number of carbonyl (C=O) groups excluding carboxylic acids is 1. The Kier molecular flexibility index (Phi) is 4.30. The van der Waals surface area contributed by atoms with E-state index in [4.69, 9.17) is 9.47 Å². The first-order chi connectivity index (χ1) is 11.9. The first kappa shape index (κ1) is 17.1. The SMILES string of the molecule is COc1ccc(OC)c(NS(=O)(=O)c2ccc3c(c2)CC(=O)N3C)c1. The van der Waals surface area contributed by atoms with Crippen LogP contribution in [0.25, 0.3) is 0 Å². The van der Waals surface area contributed by atoms with Crippen molar-refractivity contribution < 1.29 is 22.7 Å². The third kappa shape index (κ3) is 3.12. The molecule has 0 saturated heterocycles. The minimum atomic E-state index is -3.84. The second kappa shape index (κ2) is 6.29. The second-order valence-electron chi connectivity index (χ2n) is 5.59. The summed E-state index contributed by atoms with van der Waals surface area (Å²) in [5.41, 5.74) is 1.69. The van der Waals surface area contributed by atoms with Gasteiger partial charge in [-0.2, -0.15) is 0 Å². The van der Waals surface area contributed by atoms with Crippen molar-refractivity contribution in [3.05, 3.63) is 42.0 Å². The zero-order valence-corrected chi connectivity index (χ0v) is 14.9. The predicted octanol–water partition coefficient (Wildman–Crippen LogP) is 2.02. The standard InChI is InChI=1S/C17H18N2O5S/c1-19-15-6-5-13(8-11(15)9-17(19)20)25(21,22)18-14-10-12(23-2)4-7-16(14)24-3/h4-8,10,18H,9H2,1-3H3. The highest BCUT2D eigenvalue weighted by Crippen LogP contribution is 2.33. The molecule has 1 amide bonds. The molecular weight excluding hydrogens is 344 g/mol. The molecule has 0 fully saturated rings. The number of hydrogen-bond donors (Lipinski definition) is 1.